The van der Waals surface area contributed by atoms with Gasteiger partial charge in [0, 0.05) is 6.54 Å². The summed E-state index contributed by atoms with van der Waals surface area (Å²) >= 11 is 0. The molecule has 0 amide bonds. The van der Waals surface area contributed by atoms with Crippen LogP contribution in [0.1, 0.15) is 30.9 Å². The van der Waals surface area contributed by atoms with E-state index in [9.17, 15) is 13.9 Å². The highest BCUT2D eigenvalue weighted by atomic mass is 19.1. The smallest absolute Gasteiger partial charge is 0.131 e. The molecule has 2 rings (SSSR count). The third-order valence-corrected chi connectivity index (χ3v) is 3.48. The lowest BCUT2D eigenvalue weighted by Gasteiger charge is -2.20. The van der Waals surface area contributed by atoms with Gasteiger partial charge in [-0.05, 0) is 43.9 Å². The molecule has 0 aromatic heterocycles. The van der Waals surface area contributed by atoms with Gasteiger partial charge in [-0.15, -0.1) is 0 Å². The van der Waals surface area contributed by atoms with Crippen LogP contribution < -0.4 is 5.32 Å². The second-order valence-corrected chi connectivity index (χ2v) is 4.96. The van der Waals surface area contributed by atoms with Crippen molar-refractivity contribution in [3.8, 4) is 0 Å². The zero-order valence-corrected chi connectivity index (χ0v) is 10.8. The summed E-state index contributed by atoms with van der Waals surface area (Å²) in [7, 11) is 0. The van der Waals surface area contributed by atoms with Crippen LogP contribution in [-0.4, -0.2) is 18.2 Å². The lowest BCUT2D eigenvalue weighted by molar-refractivity contribution is 0.163. The first-order chi connectivity index (χ1) is 9.18. The summed E-state index contributed by atoms with van der Waals surface area (Å²) in [5.41, 5.74) is -0.251. The average Bonchev–Trinajstić information content (AvgIpc) is 2.40. The van der Waals surface area contributed by atoms with Crippen molar-refractivity contribution >= 4 is 0 Å². The topological polar surface area (TPSA) is 32.3 Å². The summed E-state index contributed by atoms with van der Waals surface area (Å²) in [6.45, 7) is 0.926. The number of benzene rings is 1. The van der Waals surface area contributed by atoms with Crippen LogP contribution >= 0.6 is 0 Å². The summed E-state index contributed by atoms with van der Waals surface area (Å²) in [4.78, 5) is 0. The van der Waals surface area contributed by atoms with Gasteiger partial charge in [0.2, 0.25) is 0 Å². The Morgan fingerprint density at radius 1 is 1.26 bits per heavy atom. The highest BCUT2D eigenvalue weighted by Crippen LogP contribution is 2.21. The largest absolute Gasteiger partial charge is 0.387 e. The van der Waals surface area contributed by atoms with Crippen LogP contribution in [0.3, 0.4) is 0 Å². The molecule has 0 fully saturated rings. The number of allylic oxidation sites excluding steroid dienone is 2. The van der Waals surface area contributed by atoms with E-state index in [1.807, 2.05) is 0 Å². The Balaban J connectivity index is 1.84. The second-order valence-electron chi connectivity index (χ2n) is 4.96. The van der Waals surface area contributed by atoms with Gasteiger partial charge < -0.3 is 10.4 Å². The average molecular weight is 267 g/mol. The lowest BCUT2D eigenvalue weighted by Crippen LogP contribution is -2.28. The van der Waals surface area contributed by atoms with Gasteiger partial charge in [-0.1, -0.05) is 18.2 Å². The van der Waals surface area contributed by atoms with Crippen molar-refractivity contribution < 1.29 is 13.9 Å². The monoisotopic (exact) mass is 267 g/mol. The number of nitrogens with one attached hydrogen (secondary N) is 1. The molecule has 2 atom stereocenters. The van der Waals surface area contributed by atoms with E-state index in [0.29, 0.717) is 5.92 Å². The minimum atomic E-state index is -1.15. The maximum Gasteiger partial charge on any atom is 0.131 e. The summed E-state index contributed by atoms with van der Waals surface area (Å²) in [5.74, 6) is -0.854. The van der Waals surface area contributed by atoms with Crippen LogP contribution in [0.25, 0.3) is 0 Å². The minimum Gasteiger partial charge on any atom is -0.387 e. The Labute approximate surface area is 112 Å². The standard InChI is InChI=1S/C15H19F2NO/c16-12-7-4-8-13(17)15(12)14(19)10-18-9-11-5-2-1-3-6-11/h1-2,4,7-8,11,14,18-19H,3,5-6,9-10H2. The highest BCUT2D eigenvalue weighted by Gasteiger charge is 2.18. The molecule has 19 heavy (non-hydrogen) atoms. The van der Waals surface area contributed by atoms with E-state index in [1.54, 1.807) is 0 Å². The molecule has 4 heteroatoms. The van der Waals surface area contributed by atoms with E-state index in [4.69, 9.17) is 0 Å². The first-order valence-electron chi connectivity index (χ1n) is 6.66. The van der Waals surface area contributed by atoms with Crippen molar-refractivity contribution in [2.45, 2.75) is 25.4 Å². The minimum absolute atomic E-state index is 0.165. The Bertz CT molecular complexity index is 428. The molecule has 2 N–H and O–H groups in total. The van der Waals surface area contributed by atoms with Gasteiger partial charge in [-0.3, -0.25) is 0 Å². The van der Waals surface area contributed by atoms with Crippen LogP contribution in [-0.2, 0) is 0 Å². The molecule has 0 bridgehead atoms. The summed E-state index contributed by atoms with van der Waals surface area (Å²) < 4.78 is 26.9. The van der Waals surface area contributed by atoms with E-state index in [0.717, 1.165) is 37.9 Å². The second kappa shape index (κ2) is 6.78. The van der Waals surface area contributed by atoms with Crippen LogP contribution in [0, 0.1) is 17.6 Å². The maximum absolute atomic E-state index is 13.4. The normalized spacial score (nSPS) is 20.5. The zero-order chi connectivity index (χ0) is 13.7. The molecule has 2 nitrogen and oxygen atoms in total. The van der Waals surface area contributed by atoms with Crippen molar-refractivity contribution in [1.82, 2.24) is 5.32 Å². The van der Waals surface area contributed by atoms with E-state index in [2.05, 4.69) is 17.5 Å². The van der Waals surface area contributed by atoms with Gasteiger partial charge in [0.25, 0.3) is 0 Å². The van der Waals surface area contributed by atoms with Crippen molar-refractivity contribution in [1.29, 1.82) is 0 Å². The number of aliphatic hydroxyl groups excluding tert-OH is 1. The molecule has 0 spiro atoms. The van der Waals surface area contributed by atoms with Crippen molar-refractivity contribution in [2.24, 2.45) is 5.92 Å². The van der Waals surface area contributed by atoms with E-state index in [-0.39, 0.29) is 12.1 Å². The lowest BCUT2D eigenvalue weighted by atomic mass is 9.94. The Morgan fingerprint density at radius 2 is 2.00 bits per heavy atom. The number of hydrogen-bond donors (Lipinski definition) is 2. The molecule has 0 saturated carbocycles. The van der Waals surface area contributed by atoms with Gasteiger partial charge in [0.1, 0.15) is 11.6 Å². The summed E-state index contributed by atoms with van der Waals surface area (Å²) in [6, 6.07) is 3.61. The molecule has 0 heterocycles. The van der Waals surface area contributed by atoms with Gasteiger partial charge in [0.15, 0.2) is 0 Å². The van der Waals surface area contributed by atoms with Crippen molar-refractivity contribution in [3.05, 3.63) is 47.5 Å². The summed E-state index contributed by atoms with van der Waals surface area (Å²) in [5, 5.41) is 12.9. The number of rotatable bonds is 5. The predicted molar refractivity (Wildman–Crippen MR) is 70.7 cm³/mol. The van der Waals surface area contributed by atoms with Crippen LogP contribution in [0.4, 0.5) is 8.78 Å². The van der Waals surface area contributed by atoms with Crippen molar-refractivity contribution in [3.63, 3.8) is 0 Å². The van der Waals surface area contributed by atoms with E-state index in [1.165, 1.54) is 6.07 Å². The number of hydrogen-bond acceptors (Lipinski definition) is 2. The fourth-order valence-electron chi connectivity index (χ4n) is 2.40. The molecule has 1 aliphatic carbocycles. The third-order valence-electron chi connectivity index (χ3n) is 3.48. The van der Waals surface area contributed by atoms with Gasteiger partial charge in [-0.2, -0.15) is 0 Å². The maximum atomic E-state index is 13.4. The summed E-state index contributed by atoms with van der Waals surface area (Å²) in [6.07, 6.45) is 6.39. The molecule has 0 saturated heterocycles. The number of aliphatic hydroxyl groups is 1. The van der Waals surface area contributed by atoms with Crippen LogP contribution in [0.15, 0.2) is 30.4 Å². The Morgan fingerprint density at radius 3 is 2.63 bits per heavy atom. The first kappa shape index (κ1) is 14.2. The Hall–Kier alpha value is -1.26. The predicted octanol–water partition coefficient (Wildman–Crippen LogP) is 2.94. The molecule has 104 valence electrons. The van der Waals surface area contributed by atoms with Crippen LogP contribution in [0.5, 0.6) is 0 Å². The quantitative estimate of drug-likeness (QED) is 0.804. The van der Waals surface area contributed by atoms with Gasteiger partial charge in [-0.25, -0.2) is 8.78 Å². The van der Waals surface area contributed by atoms with Gasteiger partial charge in [0.05, 0.1) is 11.7 Å². The molecular formula is C15H19F2NO. The molecule has 1 aromatic rings. The van der Waals surface area contributed by atoms with E-state index >= 15 is 0 Å². The SMILES string of the molecule is OC(CNCC1CC=CCC1)c1c(F)cccc1F. The van der Waals surface area contributed by atoms with Crippen LogP contribution in [0.2, 0.25) is 0 Å². The fraction of sp³-hybridized carbons (Fsp3) is 0.467. The van der Waals surface area contributed by atoms with Gasteiger partial charge >= 0.3 is 0 Å². The fourth-order valence-corrected chi connectivity index (χ4v) is 2.40. The first-order valence-corrected chi connectivity index (χ1v) is 6.66. The molecule has 0 radical (unpaired) electrons. The molecular weight excluding hydrogens is 248 g/mol. The Kier molecular flexibility index (Phi) is 5.05. The highest BCUT2D eigenvalue weighted by molar-refractivity contribution is 5.22. The van der Waals surface area contributed by atoms with Crippen molar-refractivity contribution in [2.75, 3.05) is 13.1 Å². The molecule has 0 aliphatic heterocycles. The number of halogens is 2. The molecule has 1 aromatic carbocycles. The van der Waals surface area contributed by atoms with E-state index < -0.39 is 17.7 Å². The third kappa shape index (κ3) is 3.85. The molecule has 2 unspecified atom stereocenters. The zero-order valence-electron chi connectivity index (χ0n) is 10.8. The molecule has 1 aliphatic rings.